The van der Waals surface area contributed by atoms with Crippen LogP contribution in [0.15, 0.2) is 79.3 Å². The van der Waals surface area contributed by atoms with Crippen molar-refractivity contribution in [3.05, 3.63) is 101 Å². The van der Waals surface area contributed by atoms with Crippen molar-refractivity contribution < 1.29 is 19.1 Å². The zero-order valence-electron chi connectivity index (χ0n) is 22.4. The number of nitrogens with zero attached hydrogens (tertiary/aromatic N) is 3. The standard InChI is InChI=1S/C30H30ClN5O4/c1-19-6-10-22(11-7-19)23-16-34-36(17-23)27-25(5-4-14-33-27)28(37)35-26(15-21-8-12-24(31)13-9-21)30(29(38)32-3)39-18-20(2)40-30/h4-14,16-17,20,26H,15,18H2,1-3H3,(H,32,38)(H,35,37). The van der Waals surface area contributed by atoms with Gasteiger partial charge in [-0.05, 0) is 55.7 Å². The van der Waals surface area contributed by atoms with Crippen LogP contribution >= 0.6 is 11.6 Å². The number of halogens is 1. The second-order valence-electron chi connectivity index (χ2n) is 9.76. The Morgan fingerprint density at radius 3 is 2.55 bits per heavy atom. The van der Waals surface area contributed by atoms with Crippen LogP contribution in [0, 0.1) is 6.92 Å². The zero-order valence-corrected chi connectivity index (χ0v) is 23.2. The topological polar surface area (TPSA) is 107 Å². The summed E-state index contributed by atoms with van der Waals surface area (Å²) in [5.74, 6) is -2.32. The average molecular weight is 560 g/mol. The Labute approximate surface area is 237 Å². The van der Waals surface area contributed by atoms with Crippen molar-refractivity contribution in [3.63, 3.8) is 0 Å². The highest BCUT2D eigenvalue weighted by Gasteiger charge is 2.53. The van der Waals surface area contributed by atoms with Gasteiger partial charge in [0.05, 0.1) is 30.5 Å². The summed E-state index contributed by atoms with van der Waals surface area (Å²) < 4.78 is 13.6. The summed E-state index contributed by atoms with van der Waals surface area (Å²) in [7, 11) is 1.50. The SMILES string of the molecule is CNC(=O)C1(C(Cc2ccc(Cl)cc2)NC(=O)c2cccnc2-n2cc(-c3ccc(C)cc3)cn2)OCC(C)O1. The molecule has 206 valence electrons. The van der Waals surface area contributed by atoms with Gasteiger partial charge in [-0.2, -0.15) is 5.10 Å². The van der Waals surface area contributed by atoms with Crippen molar-refractivity contribution >= 4 is 23.4 Å². The number of likely N-dealkylation sites (N-methyl/N-ethyl adjacent to an activating group) is 1. The fraction of sp³-hybridized carbons (Fsp3) is 0.267. The molecule has 2 aromatic heterocycles. The van der Waals surface area contributed by atoms with Crippen LogP contribution in [-0.4, -0.2) is 58.2 Å². The maximum absolute atomic E-state index is 13.8. The molecule has 3 atom stereocenters. The first-order valence-corrected chi connectivity index (χ1v) is 13.3. The van der Waals surface area contributed by atoms with Gasteiger partial charge in [-0.3, -0.25) is 9.59 Å². The number of carbonyl (C=O) groups excluding carboxylic acids is 2. The number of benzene rings is 2. The molecule has 0 aliphatic carbocycles. The van der Waals surface area contributed by atoms with Gasteiger partial charge in [0.15, 0.2) is 5.82 Å². The fourth-order valence-electron chi connectivity index (χ4n) is 4.71. The van der Waals surface area contributed by atoms with Gasteiger partial charge in [-0.1, -0.05) is 53.6 Å². The third kappa shape index (κ3) is 5.62. The molecule has 0 saturated carbocycles. The Morgan fingerprint density at radius 2 is 1.88 bits per heavy atom. The smallest absolute Gasteiger partial charge is 0.282 e. The Balaban J connectivity index is 1.48. The van der Waals surface area contributed by atoms with Gasteiger partial charge in [0, 0.05) is 30.0 Å². The number of aryl methyl sites for hydroxylation is 1. The van der Waals surface area contributed by atoms with Crippen molar-refractivity contribution in [2.24, 2.45) is 0 Å². The lowest BCUT2D eigenvalue weighted by Crippen LogP contribution is -2.62. The monoisotopic (exact) mass is 559 g/mol. The predicted molar refractivity (Wildman–Crippen MR) is 151 cm³/mol. The van der Waals surface area contributed by atoms with Crippen LogP contribution in [0.25, 0.3) is 16.9 Å². The van der Waals surface area contributed by atoms with Gasteiger partial charge in [0.2, 0.25) is 0 Å². The molecular formula is C30H30ClN5O4. The number of aromatic nitrogens is 3. The first kappa shape index (κ1) is 27.5. The molecule has 2 N–H and O–H groups in total. The lowest BCUT2D eigenvalue weighted by Gasteiger charge is -2.34. The van der Waals surface area contributed by atoms with Crippen molar-refractivity contribution in [3.8, 4) is 16.9 Å². The summed E-state index contributed by atoms with van der Waals surface area (Å²) in [6.07, 6.45) is 5.05. The van der Waals surface area contributed by atoms with Crippen LogP contribution in [0.4, 0.5) is 0 Å². The summed E-state index contributed by atoms with van der Waals surface area (Å²) in [6.45, 7) is 4.05. The van der Waals surface area contributed by atoms with Crippen molar-refractivity contribution in [2.75, 3.05) is 13.7 Å². The van der Waals surface area contributed by atoms with Gasteiger partial charge in [0.25, 0.3) is 17.6 Å². The minimum atomic E-state index is -1.73. The maximum Gasteiger partial charge on any atom is 0.282 e. The lowest BCUT2D eigenvalue weighted by molar-refractivity contribution is -0.196. The summed E-state index contributed by atoms with van der Waals surface area (Å²) in [5, 5.41) is 10.7. The Kier molecular flexibility index (Phi) is 7.97. The number of hydrogen-bond donors (Lipinski definition) is 2. The van der Waals surface area contributed by atoms with Crippen LogP contribution in [0.3, 0.4) is 0 Å². The van der Waals surface area contributed by atoms with Gasteiger partial charge >= 0.3 is 0 Å². The zero-order chi connectivity index (χ0) is 28.3. The number of amides is 2. The Bertz CT molecular complexity index is 1510. The predicted octanol–water partition coefficient (Wildman–Crippen LogP) is 4.11. The maximum atomic E-state index is 13.8. The molecule has 1 aliphatic heterocycles. The summed E-state index contributed by atoms with van der Waals surface area (Å²) in [4.78, 5) is 31.5. The normalized spacial score (nSPS) is 19.2. The molecule has 5 rings (SSSR count). The molecule has 4 aromatic rings. The highest BCUT2D eigenvalue weighted by atomic mass is 35.5. The minimum Gasteiger partial charge on any atom is -0.354 e. The molecule has 3 unspecified atom stereocenters. The third-order valence-corrected chi connectivity index (χ3v) is 7.04. The number of pyridine rings is 1. The van der Waals surface area contributed by atoms with Crippen LogP contribution < -0.4 is 10.6 Å². The third-order valence-electron chi connectivity index (χ3n) is 6.79. The van der Waals surface area contributed by atoms with Crippen LogP contribution in [0.1, 0.15) is 28.4 Å². The molecule has 3 heterocycles. The van der Waals surface area contributed by atoms with E-state index in [0.29, 0.717) is 10.8 Å². The summed E-state index contributed by atoms with van der Waals surface area (Å²) in [6, 6.07) is 17.7. The average Bonchev–Trinajstić information content (AvgIpc) is 3.62. The van der Waals surface area contributed by atoms with Crippen LogP contribution in [0.5, 0.6) is 0 Å². The van der Waals surface area contributed by atoms with Gasteiger partial charge in [-0.15, -0.1) is 0 Å². The number of hydrogen-bond acceptors (Lipinski definition) is 6. The second-order valence-corrected chi connectivity index (χ2v) is 10.2. The van der Waals surface area contributed by atoms with E-state index in [4.69, 9.17) is 21.1 Å². The van der Waals surface area contributed by atoms with Crippen LogP contribution in [-0.2, 0) is 20.7 Å². The number of nitrogens with one attached hydrogen (secondary N) is 2. The van der Waals surface area contributed by atoms with E-state index in [1.165, 1.54) is 7.05 Å². The highest BCUT2D eigenvalue weighted by Crippen LogP contribution is 2.31. The molecule has 2 amide bonds. The largest absolute Gasteiger partial charge is 0.354 e. The van der Waals surface area contributed by atoms with Crippen LogP contribution in [0.2, 0.25) is 5.02 Å². The second kappa shape index (κ2) is 11.6. The molecule has 1 aliphatic rings. The molecule has 10 heteroatoms. The molecule has 2 aromatic carbocycles. The van der Waals surface area contributed by atoms with Gasteiger partial charge < -0.3 is 20.1 Å². The molecular weight excluding hydrogens is 530 g/mol. The fourth-order valence-corrected chi connectivity index (χ4v) is 4.83. The Hall–Kier alpha value is -4.05. The summed E-state index contributed by atoms with van der Waals surface area (Å²) in [5.41, 5.74) is 4.16. The van der Waals surface area contributed by atoms with E-state index < -0.39 is 23.6 Å². The number of ether oxygens (including phenoxy) is 2. The van der Waals surface area contributed by atoms with Crippen molar-refractivity contribution in [1.29, 1.82) is 0 Å². The molecule has 1 fully saturated rings. The first-order valence-electron chi connectivity index (χ1n) is 13.0. The highest BCUT2D eigenvalue weighted by molar-refractivity contribution is 6.30. The van der Waals surface area contributed by atoms with E-state index in [-0.39, 0.29) is 24.7 Å². The van der Waals surface area contributed by atoms with E-state index >= 15 is 0 Å². The van der Waals surface area contributed by atoms with Gasteiger partial charge in [-0.25, -0.2) is 9.67 Å². The van der Waals surface area contributed by atoms with Crippen molar-refractivity contribution in [1.82, 2.24) is 25.4 Å². The minimum absolute atomic E-state index is 0.202. The van der Waals surface area contributed by atoms with E-state index in [1.54, 1.807) is 41.3 Å². The molecule has 0 bridgehead atoms. The van der Waals surface area contributed by atoms with E-state index in [9.17, 15) is 9.59 Å². The molecule has 0 radical (unpaired) electrons. The number of carbonyl (C=O) groups is 2. The van der Waals surface area contributed by atoms with E-state index in [1.807, 2.05) is 56.4 Å². The lowest BCUT2D eigenvalue weighted by atomic mass is 9.96. The molecule has 1 saturated heterocycles. The summed E-state index contributed by atoms with van der Waals surface area (Å²) >= 11 is 6.08. The molecule has 0 spiro atoms. The van der Waals surface area contributed by atoms with Gasteiger partial charge in [0.1, 0.15) is 0 Å². The number of rotatable bonds is 8. The Morgan fingerprint density at radius 1 is 1.12 bits per heavy atom. The molecule has 9 nitrogen and oxygen atoms in total. The van der Waals surface area contributed by atoms with Crippen molar-refractivity contribution in [2.45, 2.75) is 38.2 Å². The van der Waals surface area contributed by atoms with E-state index in [0.717, 1.165) is 22.3 Å². The first-order chi connectivity index (χ1) is 19.3. The van der Waals surface area contributed by atoms with E-state index in [2.05, 4.69) is 20.7 Å². The quantitative estimate of drug-likeness (QED) is 0.336. The molecule has 40 heavy (non-hydrogen) atoms.